The summed E-state index contributed by atoms with van der Waals surface area (Å²) in [7, 11) is 0. The second-order valence-electron chi connectivity index (χ2n) is 5.60. The number of amides is 1. The van der Waals surface area contributed by atoms with Crippen LogP contribution >= 0.6 is 12.4 Å². The summed E-state index contributed by atoms with van der Waals surface area (Å²) in [5.41, 5.74) is 6.00. The monoisotopic (exact) mass is 262 g/mol. The van der Waals surface area contributed by atoms with Gasteiger partial charge in [0.25, 0.3) is 0 Å². The molecule has 1 amide bonds. The summed E-state index contributed by atoms with van der Waals surface area (Å²) in [5.74, 6) is 1.64. The van der Waals surface area contributed by atoms with Crippen molar-refractivity contribution in [1.29, 1.82) is 0 Å². The van der Waals surface area contributed by atoms with E-state index in [0.29, 0.717) is 11.8 Å². The Balaban J connectivity index is 0.00000256. The first-order valence-corrected chi connectivity index (χ1v) is 6.50. The van der Waals surface area contributed by atoms with Crippen LogP contribution in [0.3, 0.4) is 0 Å². The lowest BCUT2D eigenvalue weighted by atomic mass is 9.90. The van der Waals surface area contributed by atoms with Crippen LogP contribution in [0.1, 0.15) is 40.5 Å². The number of hydrogen-bond acceptors (Lipinski definition) is 2. The number of hydrogen-bond donors (Lipinski definition) is 1. The topological polar surface area (TPSA) is 46.3 Å². The number of piperidine rings is 1. The largest absolute Gasteiger partial charge is 0.341 e. The Bertz CT molecular complexity index is 238. The highest BCUT2D eigenvalue weighted by Crippen LogP contribution is 2.22. The molecule has 0 bridgehead atoms. The minimum absolute atomic E-state index is 0. The summed E-state index contributed by atoms with van der Waals surface area (Å²) < 4.78 is 0. The van der Waals surface area contributed by atoms with Gasteiger partial charge < -0.3 is 10.6 Å². The maximum Gasteiger partial charge on any atom is 0.239 e. The third-order valence-electron chi connectivity index (χ3n) is 3.72. The lowest BCUT2D eigenvalue weighted by Gasteiger charge is -2.37. The normalized spacial score (nSPS) is 28.2. The summed E-state index contributed by atoms with van der Waals surface area (Å²) in [5, 5.41) is 0. The van der Waals surface area contributed by atoms with E-state index in [9.17, 15) is 4.79 Å². The first kappa shape index (κ1) is 16.7. The maximum absolute atomic E-state index is 12.2. The van der Waals surface area contributed by atoms with Crippen LogP contribution in [0.15, 0.2) is 0 Å². The molecule has 4 unspecified atom stereocenters. The zero-order valence-corrected chi connectivity index (χ0v) is 12.3. The second kappa shape index (κ2) is 7.22. The molecule has 1 saturated heterocycles. The van der Waals surface area contributed by atoms with E-state index in [1.807, 2.05) is 4.90 Å². The summed E-state index contributed by atoms with van der Waals surface area (Å²) in [6.45, 7) is 10.3. The average molecular weight is 263 g/mol. The molecule has 3 nitrogen and oxygen atoms in total. The van der Waals surface area contributed by atoms with Gasteiger partial charge in [-0.3, -0.25) is 4.79 Å². The zero-order valence-electron chi connectivity index (χ0n) is 11.5. The molecule has 1 rings (SSSR count). The first-order chi connectivity index (χ1) is 7.45. The molecule has 0 aromatic carbocycles. The maximum atomic E-state index is 12.2. The number of likely N-dealkylation sites (tertiary alicyclic amines) is 1. The molecule has 1 aliphatic heterocycles. The van der Waals surface area contributed by atoms with E-state index in [1.54, 1.807) is 0 Å². The minimum Gasteiger partial charge on any atom is -0.341 e. The predicted octanol–water partition coefficient (Wildman–Crippen LogP) is 2.29. The smallest absolute Gasteiger partial charge is 0.239 e. The fraction of sp³-hybridized carbons (Fsp3) is 0.923. The molecule has 0 aromatic rings. The molecule has 0 radical (unpaired) electrons. The number of carbonyl (C=O) groups excluding carboxylic acids is 1. The third-order valence-corrected chi connectivity index (χ3v) is 3.72. The Kier molecular flexibility index (Phi) is 7.10. The number of carbonyl (C=O) groups is 1. The van der Waals surface area contributed by atoms with Crippen molar-refractivity contribution in [2.75, 3.05) is 13.1 Å². The minimum atomic E-state index is -0.317. The van der Waals surface area contributed by atoms with E-state index < -0.39 is 0 Å². The lowest BCUT2D eigenvalue weighted by Crippen LogP contribution is -2.51. The summed E-state index contributed by atoms with van der Waals surface area (Å²) in [6.07, 6.45) is 2.19. The van der Waals surface area contributed by atoms with Gasteiger partial charge in [0.2, 0.25) is 5.91 Å². The molecule has 17 heavy (non-hydrogen) atoms. The van der Waals surface area contributed by atoms with Crippen LogP contribution < -0.4 is 5.73 Å². The van der Waals surface area contributed by atoms with Crippen molar-refractivity contribution in [3.8, 4) is 0 Å². The molecule has 2 N–H and O–H groups in total. The third kappa shape index (κ3) is 4.47. The van der Waals surface area contributed by atoms with Crippen molar-refractivity contribution in [2.45, 2.75) is 46.6 Å². The second-order valence-corrected chi connectivity index (χ2v) is 5.60. The van der Waals surface area contributed by atoms with Crippen LogP contribution in [0.25, 0.3) is 0 Å². The van der Waals surface area contributed by atoms with Gasteiger partial charge >= 0.3 is 0 Å². The van der Waals surface area contributed by atoms with Crippen LogP contribution in [0, 0.1) is 17.8 Å². The van der Waals surface area contributed by atoms with Crippen LogP contribution in [0.4, 0.5) is 0 Å². The molecular weight excluding hydrogens is 236 g/mol. The highest BCUT2D eigenvalue weighted by Gasteiger charge is 2.30. The van der Waals surface area contributed by atoms with Gasteiger partial charge in [-0.25, -0.2) is 0 Å². The Labute approximate surface area is 112 Å². The number of nitrogens with zero attached hydrogens (tertiary/aromatic N) is 1. The van der Waals surface area contributed by atoms with Crippen molar-refractivity contribution in [2.24, 2.45) is 23.5 Å². The summed E-state index contributed by atoms with van der Waals surface area (Å²) >= 11 is 0. The van der Waals surface area contributed by atoms with Crippen LogP contribution in [0.2, 0.25) is 0 Å². The zero-order chi connectivity index (χ0) is 12.3. The molecule has 0 spiro atoms. The van der Waals surface area contributed by atoms with E-state index in [0.717, 1.165) is 19.5 Å². The van der Waals surface area contributed by atoms with Crippen molar-refractivity contribution in [1.82, 2.24) is 4.90 Å². The summed E-state index contributed by atoms with van der Waals surface area (Å²) in [4.78, 5) is 14.2. The number of nitrogens with two attached hydrogens (primary N) is 1. The molecule has 1 fully saturated rings. The highest BCUT2D eigenvalue weighted by atomic mass is 35.5. The highest BCUT2D eigenvalue weighted by molar-refractivity contribution is 5.85. The van der Waals surface area contributed by atoms with Crippen LogP contribution in [-0.4, -0.2) is 29.9 Å². The van der Waals surface area contributed by atoms with Gasteiger partial charge in [0.05, 0.1) is 6.04 Å². The quantitative estimate of drug-likeness (QED) is 0.848. The van der Waals surface area contributed by atoms with E-state index in [2.05, 4.69) is 27.7 Å². The van der Waals surface area contributed by atoms with Gasteiger partial charge in [0.1, 0.15) is 0 Å². The molecular formula is C13H27ClN2O. The summed E-state index contributed by atoms with van der Waals surface area (Å²) in [6, 6.07) is -0.317. The molecule has 0 aliphatic carbocycles. The molecule has 0 saturated carbocycles. The molecule has 4 atom stereocenters. The van der Waals surface area contributed by atoms with Gasteiger partial charge in [-0.1, -0.05) is 34.1 Å². The standard InChI is InChI=1S/C13H26N2O.ClH/c1-5-11(4)12(14)13(16)15-7-9(2)6-10(3)8-15;/h9-12H,5-8,14H2,1-4H3;1H. The Morgan fingerprint density at radius 2 is 1.82 bits per heavy atom. The Hall–Kier alpha value is -0.280. The van der Waals surface area contributed by atoms with Crippen molar-refractivity contribution >= 4 is 18.3 Å². The van der Waals surface area contributed by atoms with E-state index in [1.165, 1.54) is 6.42 Å². The van der Waals surface area contributed by atoms with E-state index in [4.69, 9.17) is 5.73 Å². The molecule has 1 heterocycles. The number of rotatable bonds is 3. The van der Waals surface area contributed by atoms with Gasteiger partial charge in [-0.15, -0.1) is 12.4 Å². The lowest BCUT2D eigenvalue weighted by molar-refractivity contribution is -0.136. The van der Waals surface area contributed by atoms with Gasteiger partial charge in [0.15, 0.2) is 0 Å². The van der Waals surface area contributed by atoms with E-state index >= 15 is 0 Å². The van der Waals surface area contributed by atoms with Crippen molar-refractivity contribution in [3.63, 3.8) is 0 Å². The van der Waals surface area contributed by atoms with Crippen LogP contribution in [0.5, 0.6) is 0 Å². The molecule has 0 aromatic heterocycles. The van der Waals surface area contributed by atoms with Gasteiger partial charge in [0, 0.05) is 13.1 Å². The predicted molar refractivity (Wildman–Crippen MR) is 74.2 cm³/mol. The SMILES string of the molecule is CCC(C)C(N)C(=O)N1CC(C)CC(C)C1.Cl. The number of halogens is 1. The molecule has 102 valence electrons. The van der Waals surface area contributed by atoms with E-state index in [-0.39, 0.29) is 30.3 Å². The first-order valence-electron chi connectivity index (χ1n) is 6.50. The molecule has 1 aliphatic rings. The van der Waals surface area contributed by atoms with Gasteiger partial charge in [-0.05, 0) is 24.2 Å². The van der Waals surface area contributed by atoms with Crippen LogP contribution in [-0.2, 0) is 4.79 Å². The Morgan fingerprint density at radius 1 is 1.35 bits per heavy atom. The fourth-order valence-corrected chi connectivity index (χ4v) is 2.55. The Morgan fingerprint density at radius 3 is 2.24 bits per heavy atom. The van der Waals surface area contributed by atoms with Crippen molar-refractivity contribution < 1.29 is 4.79 Å². The molecule has 4 heteroatoms. The van der Waals surface area contributed by atoms with Crippen molar-refractivity contribution in [3.05, 3.63) is 0 Å². The average Bonchev–Trinajstić information content (AvgIpc) is 2.24. The van der Waals surface area contributed by atoms with Gasteiger partial charge in [-0.2, -0.15) is 0 Å². The fourth-order valence-electron chi connectivity index (χ4n) is 2.55.